The van der Waals surface area contributed by atoms with Gasteiger partial charge in [0, 0.05) is 44.7 Å². The number of hydrogen-bond donors (Lipinski definition) is 1. The van der Waals surface area contributed by atoms with Crippen LogP contribution in [-0.4, -0.2) is 71.4 Å². The molecule has 0 saturated carbocycles. The molecule has 7 nitrogen and oxygen atoms in total. The molecule has 0 spiro atoms. The number of benzene rings is 2. The van der Waals surface area contributed by atoms with Gasteiger partial charge < -0.3 is 19.9 Å². The van der Waals surface area contributed by atoms with E-state index in [4.69, 9.17) is 9.73 Å². The summed E-state index contributed by atoms with van der Waals surface area (Å²) in [6, 6.07) is 15.1. The summed E-state index contributed by atoms with van der Waals surface area (Å²) in [4.78, 5) is 9.70. The molecule has 0 radical (unpaired) electrons. The van der Waals surface area contributed by atoms with Gasteiger partial charge in [0.1, 0.15) is 12.4 Å². The van der Waals surface area contributed by atoms with Gasteiger partial charge in [-0.3, -0.25) is 0 Å². The van der Waals surface area contributed by atoms with Crippen LogP contribution in [-0.2, 0) is 9.84 Å². The van der Waals surface area contributed by atoms with Crippen molar-refractivity contribution in [1.82, 2.24) is 10.2 Å². The van der Waals surface area contributed by atoms with Gasteiger partial charge in [-0.2, -0.15) is 0 Å². The lowest BCUT2D eigenvalue weighted by atomic mass is 10.2. The average molecular weight is 445 g/mol. The SMILES string of the molecule is CCNC(=NCCOc1ccc(S(C)(=O)=O)cc1)N1CCN(c2cccc(C)c2)CC1. The van der Waals surface area contributed by atoms with E-state index in [0.29, 0.717) is 18.9 Å². The zero-order valence-electron chi connectivity index (χ0n) is 18.5. The largest absolute Gasteiger partial charge is 0.492 e. The molecule has 0 atom stereocenters. The first-order chi connectivity index (χ1) is 14.9. The van der Waals surface area contributed by atoms with E-state index in [1.54, 1.807) is 24.3 Å². The Bertz CT molecular complexity index is 982. The van der Waals surface area contributed by atoms with Gasteiger partial charge in [-0.15, -0.1) is 0 Å². The number of nitrogens with zero attached hydrogens (tertiary/aromatic N) is 3. The molecule has 1 N–H and O–H groups in total. The Morgan fingerprint density at radius 3 is 2.42 bits per heavy atom. The molecule has 2 aromatic carbocycles. The van der Waals surface area contributed by atoms with Crippen LogP contribution in [0.2, 0.25) is 0 Å². The fourth-order valence-electron chi connectivity index (χ4n) is 3.53. The van der Waals surface area contributed by atoms with Crippen LogP contribution >= 0.6 is 0 Å². The van der Waals surface area contributed by atoms with Gasteiger partial charge in [0.15, 0.2) is 15.8 Å². The summed E-state index contributed by atoms with van der Waals surface area (Å²) in [6.45, 7) is 9.68. The summed E-state index contributed by atoms with van der Waals surface area (Å²) < 4.78 is 28.8. The van der Waals surface area contributed by atoms with Crippen LogP contribution in [0.15, 0.2) is 58.4 Å². The van der Waals surface area contributed by atoms with Crippen molar-refractivity contribution in [3.63, 3.8) is 0 Å². The van der Waals surface area contributed by atoms with E-state index in [0.717, 1.165) is 38.7 Å². The second-order valence-electron chi connectivity index (χ2n) is 7.64. The van der Waals surface area contributed by atoms with Crippen molar-refractivity contribution in [1.29, 1.82) is 0 Å². The molecule has 31 heavy (non-hydrogen) atoms. The predicted octanol–water partition coefficient (Wildman–Crippen LogP) is 2.57. The number of hydrogen-bond acceptors (Lipinski definition) is 5. The molecule has 0 aromatic heterocycles. The van der Waals surface area contributed by atoms with Crippen molar-refractivity contribution >= 4 is 21.5 Å². The van der Waals surface area contributed by atoms with Crippen molar-refractivity contribution in [3.05, 3.63) is 54.1 Å². The van der Waals surface area contributed by atoms with Gasteiger partial charge in [0.05, 0.1) is 11.4 Å². The van der Waals surface area contributed by atoms with Crippen molar-refractivity contribution < 1.29 is 13.2 Å². The van der Waals surface area contributed by atoms with E-state index < -0.39 is 9.84 Å². The summed E-state index contributed by atoms with van der Waals surface area (Å²) >= 11 is 0. The Kier molecular flexibility index (Phi) is 7.79. The number of ether oxygens (including phenoxy) is 1. The van der Waals surface area contributed by atoms with Crippen LogP contribution in [0.4, 0.5) is 5.69 Å². The third-order valence-electron chi connectivity index (χ3n) is 5.15. The third kappa shape index (κ3) is 6.62. The zero-order valence-corrected chi connectivity index (χ0v) is 19.4. The molecule has 0 amide bonds. The molecule has 3 rings (SSSR count). The maximum absolute atomic E-state index is 11.5. The average Bonchev–Trinajstić information content (AvgIpc) is 2.76. The van der Waals surface area contributed by atoms with Gasteiger partial charge in [-0.25, -0.2) is 13.4 Å². The summed E-state index contributed by atoms with van der Waals surface area (Å²) in [5.41, 5.74) is 2.55. The lowest BCUT2D eigenvalue weighted by Crippen LogP contribution is -2.52. The van der Waals surface area contributed by atoms with Crippen LogP contribution in [0.25, 0.3) is 0 Å². The first kappa shape index (κ1) is 22.9. The molecule has 2 aromatic rings. The highest BCUT2D eigenvalue weighted by molar-refractivity contribution is 7.90. The number of aryl methyl sites for hydroxylation is 1. The van der Waals surface area contributed by atoms with E-state index in [1.807, 2.05) is 0 Å². The molecule has 168 valence electrons. The summed E-state index contributed by atoms with van der Waals surface area (Å²) in [7, 11) is -3.19. The fraction of sp³-hybridized carbons (Fsp3) is 0.435. The van der Waals surface area contributed by atoms with Crippen molar-refractivity contribution in [3.8, 4) is 5.75 Å². The van der Waals surface area contributed by atoms with Crippen LogP contribution in [0, 0.1) is 6.92 Å². The predicted molar refractivity (Wildman–Crippen MR) is 126 cm³/mol. The van der Waals surface area contributed by atoms with Crippen molar-refractivity contribution in [2.24, 2.45) is 4.99 Å². The number of guanidine groups is 1. The van der Waals surface area contributed by atoms with E-state index >= 15 is 0 Å². The smallest absolute Gasteiger partial charge is 0.194 e. The molecule has 0 unspecified atom stereocenters. The highest BCUT2D eigenvalue weighted by Gasteiger charge is 2.19. The maximum atomic E-state index is 11.5. The van der Waals surface area contributed by atoms with Gasteiger partial charge in [0.25, 0.3) is 0 Å². The summed E-state index contributed by atoms with van der Waals surface area (Å²) in [5, 5.41) is 3.37. The van der Waals surface area contributed by atoms with Gasteiger partial charge in [0.2, 0.25) is 0 Å². The monoisotopic (exact) mass is 444 g/mol. The third-order valence-corrected chi connectivity index (χ3v) is 6.28. The molecule has 0 aliphatic carbocycles. The molecular weight excluding hydrogens is 412 g/mol. The Morgan fingerprint density at radius 1 is 1.10 bits per heavy atom. The molecule has 1 aliphatic heterocycles. The Balaban J connectivity index is 1.51. The number of aliphatic imine (C=N–C) groups is 1. The van der Waals surface area contributed by atoms with Gasteiger partial charge in [-0.05, 0) is 55.8 Å². The molecule has 1 saturated heterocycles. The first-order valence-electron chi connectivity index (χ1n) is 10.6. The Hall–Kier alpha value is -2.74. The maximum Gasteiger partial charge on any atom is 0.194 e. The molecule has 8 heteroatoms. The molecular formula is C23H32N4O3S. The normalized spacial score (nSPS) is 15.1. The number of piperazine rings is 1. The van der Waals surface area contributed by atoms with E-state index in [-0.39, 0.29) is 4.90 Å². The number of nitrogens with one attached hydrogen (secondary N) is 1. The van der Waals surface area contributed by atoms with Crippen LogP contribution in [0.3, 0.4) is 0 Å². The lowest BCUT2D eigenvalue weighted by molar-refractivity contribution is 0.325. The summed E-state index contributed by atoms with van der Waals surface area (Å²) in [6.07, 6.45) is 1.19. The first-order valence-corrected chi connectivity index (χ1v) is 12.5. The second kappa shape index (κ2) is 10.5. The number of rotatable bonds is 7. The molecule has 1 heterocycles. The number of sulfone groups is 1. The Morgan fingerprint density at radius 2 is 1.81 bits per heavy atom. The highest BCUT2D eigenvalue weighted by Crippen LogP contribution is 2.18. The van der Waals surface area contributed by atoms with E-state index in [9.17, 15) is 8.42 Å². The molecule has 0 bridgehead atoms. The van der Waals surface area contributed by atoms with Gasteiger partial charge >= 0.3 is 0 Å². The minimum absolute atomic E-state index is 0.289. The van der Waals surface area contributed by atoms with Gasteiger partial charge in [-0.1, -0.05) is 12.1 Å². The lowest BCUT2D eigenvalue weighted by Gasteiger charge is -2.37. The van der Waals surface area contributed by atoms with E-state index in [2.05, 4.69) is 53.2 Å². The molecule has 1 aliphatic rings. The fourth-order valence-corrected chi connectivity index (χ4v) is 4.16. The minimum Gasteiger partial charge on any atom is -0.492 e. The van der Waals surface area contributed by atoms with Crippen LogP contribution in [0.5, 0.6) is 5.75 Å². The quantitative estimate of drug-likeness (QED) is 0.402. The Labute approximate surface area is 185 Å². The van der Waals surface area contributed by atoms with Crippen LogP contribution < -0.4 is 15.0 Å². The van der Waals surface area contributed by atoms with Crippen molar-refractivity contribution in [2.45, 2.75) is 18.7 Å². The standard InChI is InChI=1S/C23H32N4O3S/c1-4-24-23(25-12-17-30-21-8-10-22(11-9-21)31(3,28)29)27-15-13-26(14-16-27)20-7-5-6-19(2)18-20/h5-11,18H,4,12-17H2,1-3H3,(H,24,25). The summed E-state index contributed by atoms with van der Waals surface area (Å²) in [5.74, 6) is 1.54. The highest BCUT2D eigenvalue weighted by atomic mass is 32.2. The number of anilines is 1. The zero-order chi connectivity index (χ0) is 22.3. The topological polar surface area (TPSA) is 74.2 Å². The second-order valence-corrected chi connectivity index (χ2v) is 9.66. The van der Waals surface area contributed by atoms with Crippen LogP contribution in [0.1, 0.15) is 12.5 Å². The molecule has 1 fully saturated rings. The minimum atomic E-state index is -3.19. The van der Waals surface area contributed by atoms with Crippen molar-refractivity contribution in [2.75, 3.05) is 57.0 Å². The van der Waals surface area contributed by atoms with E-state index in [1.165, 1.54) is 17.5 Å².